The largest absolute Gasteiger partial charge is 0.497 e. The van der Waals surface area contributed by atoms with Crippen molar-refractivity contribution >= 4 is 0 Å². The Balaban J connectivity index is 2.22. The van der Waals surface area contributed by atoms with Crippen molar-refractivity contribution in [3.8, 4) is 11.5 Å². The van der Waals surface area contributed by atoms with Crippen LogP contribution in [0.3, 0.4) is 0 Å². The highest BCUT2D eigenvalue weighted by Crippen LogP contribution is 2.29. The van der Waals surface area contributed by atoms with Crippen molar-refractivity contribution in [2.45, 2.75) is 26.4 Å². The second-order valence-electron chi connectivity index (χ2n) is 5.05. The molecular formula is C18H22O3. The third-order valence-electron chi connectivity index (χ3n) is 3.39. The zero-order valence-electron chi connectivity index (χ0n) is 12.8. The van der Waals surface area contributed by atoms with E-state index >= 15 is 0 Å². The van der Waals surface area contributed by atoms with Gasteiger partial charge in [0, 0.05) is 12.0 Å². The Labute approximate surface area is 126 Å². The van der Waals surface area contributed by atoms with Crippen molar-refractivity contribution in [1.82, 2.24) is 0 Å². The highest BCUT2D eigenvalue weighted by molar-refractivity contribution is 5.39. The smallest absolute Gasteiger partial charge is 0.125 e. The average molecular weight is 286 g/mol. The monoisotopic (exact) mass is 286 g/mol. The lowest BCUT2D eigenvalue weighted by Crippen LogP contribution is -2.06. The molecule has 1 atom stereocenters. The van der Waals surface area contributed by atoms with Crippen LogP contribution in [0, 0.1) is 6.92 Å². The Morgan fingerprint density at radius 2 is 1.95 bits per heavy atom. The molecule has 2 aromatic rings. The minimum atomic E-state index is -0.599. The van der Waals surface area contributed by atoms with Crippen molar-refractivity contribution in [3.05, 3.63) is 59.2 Å². The molecule has 0 aromatic heterocycles. The predicted molar refractivity (Wildman–Crippen MR) is 84.0 cm³/mol. The number of ether oxygens (including phenoxy) is 2. The van der Waals surface area contributed by atoms with E-state index in [1.807, 2.05) is 56.3 Å². The maximum absolute atomic E-state index is 10.5. The summed E-state index contributed by atoms with van der Waals surface area (Å²) < 4.78 is 10.8. The maximum atomic E-state index is 10.5. The fourth-order valence-corrected chi connectivity index (χ4v) is 2.35. The molecule has 0 bridgehead atoms. The summed E-state index contributed by atoms with van der Waals surface area (Å²) in [7, 11) is 1.64. The molecule has 2 aromatic carbocycles. The second kappa shape index (κ2) is 7.14. The van der Waals surface area contributed by atoms with Crippen LogP contribution in [-0.2, 0) is 6.42 Å². The summed E-state index contributed by atoms with van der Waals surface area (Å²) >= 11 is 0. The minimum absolute atomic E-state index is 0.528. The van der Waals surface area contributed by atoms with Gasteiger partial charge in [-0.05, 0) is 43.7 Å². The molecule has 3 nitrogen and oxygen atoms in total. The number of hydrogen-bond donors (Lipinski definition) is 1. The van der Waals surface area contributed by atoms with E-state index in [0.717, 1.165) is 28.2 Å². The topological polar surface area (TPSA) is 38.7 Å². The second-order valence-corrected chi connectivity index (χ2v) is 5.05. The van der Waals surface area contributed by atoms with E-state index < -0.39 is 6.10 Å². The van der Waals surface area contributed by atoms with Crippen LogP contribution in [0.15, 0.2) is 42.5 Å². The van der Waals surface area contributed by atoms with Crippen molar-refractivity contribution in [2.24, 2.45) is 0 Å². The van der Waals surface area contributed by atoms with E-state index in [0.29, 0.717) is 13.0 Å². The number of hydrogen-bond acceptors (Lipinski definition) is 3. The molecule has 21 heavy (non-hydrogen) atoms. The van der Waals surface area contributed by atoms with Gasteiger partial charge in [-0.1, -0.05) is 23.8 Å². The first kappa shape index (κ1) is 15.4. The van der Waals surface area contributed by atoms with Crippen molar-refractivity contribution in [3.63, 3.8) is 0 Å². The third-order valence-corrected chi connectivity index (χ3v) is 3.39. The van der Waals surface area contributed by atoms with Crippen LogP contribution in [-0.4, -0.2) is 18.8 Å². The van der Waals surface area contributed by atoms with Gasteiger partial charge in [-0.25, -0.2) is 0 Å². The van der Waals surface area contributed by atoms with Gasteiger partial charge in [-0.15, -0.1) is 0 Å². The van der Waals surface area contributed by atoms with Crippen molar-refractivity contribution in [2.75, 3.05) is 13.7 Å². The van der Waals surface area contributed by atoms with Gasteiger partial charge in [0.1, 0.15) is 11.5 Å². The minimum Gasteiger partial charge on any atom is -0.497 e. The SMILES string of the molecule is CCOc1ccc(C)cc1C(O)Cc1cccc(OC)c1. The fraction of sp³-hybridized carbons (Fsp3) is 0.333. The van der Waals surface area contributed by atoms with Gasteiger partial charge >= 0.3 is 0 Å². The Morgan fingerprint density at radius 3 is 2.67 bits per heavy atom. The number of aliphatic hydroxyl groups excluding tert-OH is 1. The lowest BCUT2D eigenvalue weighted by Gasteiger charge is -2.17. The highest BCUT2D eigenvalue weighted by Gasteiger charge is 2.15. The lowest BCUT2D eigenvalue weighted by atomic mass is 9.99. The van der Waals surface area contributed by atoms with Gasteiger partial charge in [0.2, 0.25) is 0 Å². The van der Waals surface area contributed by atoms with E-state index in [-0.39, 0.29) is 0 Å². The van der Waals surface area contributed by atoms with E-state index in [4.69, 9.17) is 9.47 Å². The first-order chi connectivity index (χ1) is 10.1. The summed E-state index contributed by atoms with van der Waals surface area (Å²) in [6, 6.07) is 13.7. The molecule has 0 aliphatic carbocycles. The fourth-order valence-electron chi connectivity index (χ4n) is 2.35. The molecule has 0 amide bonds. The van der Waals surface area contributed by atoms with Crippen LogP contribution in [0.5, 0.6) is 11.5 Å². The molecule has 0 saturated heterocycles. The van der Waals surface area contributed by atoms with Gasteiger partial charge in [0.25, 0.3) is 0 Å². The van der Waals surface area contributed by atoms with E-state index in [1.165, 1.54) is 0 Å². The number of benzene rings is 2. The molecule has 0 aliphatic rings. The molecule has 0 heterocycles. The zero-order chi connectivity index (χ0) is 15.2. The predicted octanol–water partition coefficient (Wildman–Crippen LogP) is 3.68. The van der Waals surface area contributed by atoms with Gasteiger partial charge in [-0.2, -0.15) is 0 Å². The number of aryl methyl sites for hydroxylation is 1. The van der Waals surface area contributed by atoms with E-state index in [9.17, 15) is 5.11 Å². The standard InChI is InChI=1S/C18H22O3/c1-4-21-18-9-8-13(2)10-16(18)17(19)12-14-6-5-7-15(11-14)20-3/h5-11,17,19H,4,12H2,1-3H3. The molecule has 0 aliphatic heterocycles. The van der Waals surface area contributed by atoms with Gasteiger partial charge < -0.3 is 14.6 Å². The Kier molecular flexibility index (Phi) is 5.23. The zero-order valence-corrected chi connectivity index (χ0v) is 12.8. The van der Waals surface area contributed by atoms with Gasteiger partial charge in [0.05, 0.1) is 19.8 Å². The van der Waals surface area contributed by atoms with Crippen LogP contribution in [0.2, 0.25) is 0 Å². The van der Waals surface area contributed by atoms with Crippen molar-refractivity contribution in [1.29, 1.82) is 0 Å². The summed E-state index contributed by atoms with van der Waals surface area (Å²) in [6.07, 6.45) is -0.0701. The molecule has 0 saturated carbocycles. The van der Waals surface area contributed by atoms with Crippen LogP contribution in [0.4, 0.5) is 0 Å². The molecule has 0 spiro atoms. The third kappa shape index (κ3) is 3.99. The summed E-state index contributed by atoms with van der Waals surface area (Å²) in [6.45, 7) is 4.54. The van der Waals surface area contributed by atoms with Crippen molar-refractivity contribution < 1.29 is 14.6 Å². The Morgan fingerprint density at radius 1 is 1.14 bits per heavy atom. The molecule has 112 valence electrons. The van der Waals surface area contributed by atoms with Crippen LogP contribution in [0.1, 0.15) is 29.7 Å². The highest BCUT2D eigenvalue weighted by atomic mass is 16.5. The number of aliphatic hydroxyl groups is 1. The number of methoxy groups -OCH3 is 1. The Hall–Kier alpha value is -2.00. The molecule has 1 unspecified atom stereocenters. The maximum Gasteiger partial charge on any atom is 0.125 e. The first-order valence-corrected chi connectivity index (χ1v) is 7.18. The molecule has 3 heteroatoms. The molecular weight excluding hydrogens is 264 g/mol. The van der Waals surface area contributed by atoms with Gasteiger partial charge in [-0.3, -0.25) is 0 Å². The average Bonchev–Trinajstić information content (AvgIpc) is 2.49. The van der Waals surface area contributed by atoms with Crippen LogP contribution >= 0.6 is 0 Å². The normalized spacial score (nSPS) is 12.0. The first-order valence-electron chi connectivity index (χ1n) is 7.18. The van der Waals surface area contributed by atoms with E-state index in [1.54, 1.807) is 7.11 Å². The lowest BCUT2D eigenvalue weighted by molar-refractivity contribution is 0.172. The van der Waals surface area contributed by atoms with Crippen LogP contribution in [0.25, 0.3) is 0 Å². The summed E-state index contributed by atoms with van der Waals surface area (Å²) in [4.78, 5) is 0. The molecule has 0 fully saturated rings. The quantitative estimate of drug-likeness (QED) is 0.880. The van der Waals surface area contributed by atoms with E-state index in [2.05, 4.69) is 0 Å². The Bertz CT molecular complexity index is 593. The molecule has 1 N–H and O–H groups in total. The van der Waals surface area contributed by atoms with Gasteiger partial charge in [0.15, 0.2) is 0 Å². The molecule has 2 rings (SSSR count). The van der Waals surface area contributed by atoms with Crippen LogP contribution < -0.4 is 9.47 Å². The summed E-state index contributed by atoms with van der Waals surface area (Å²) in [5.74, 6) is 1.55. The summed E-state index contributed by atoms with van der Waals surface area (Å²) in [5.41, 5.74) is 2.98. The summed E-state index contributed by atoms with van der Waals surface area (Å²) in [5, 5.41) is 10.5. The number of rotatable bonds is 6. The molecule has 0 radical (unpaired) electrons.